The first-order valence-corrected chi connectivity index (χ1v) is 8.66. The Kier molecular flexibility index (Phi) is 5.12. The van der Waals surface area contributed by atoms with Crippen LogP contribution in [-0.2, 0) is 15.6 Å². The zero-order valence-corrected chi connectivity index (χ0v) is 12.7. The summed E-state index contributed by atoms with van der Waals surface area (Å²) in [6, 6.07) is 5.72. The Hall–Kier alpha value is -1.54. The first-order valence-electron chi connectivity index (χ1n) is 6.95. The Morgan fingerprint density at radius 3 is 2.50 bits per heavy atom. The zero-order valence-electron chi connectivity index (χ0n) is 11.9. The van der Waals surface area contributed by atoms with E-state index in [9.17, 15) is 22.0 Å². The Morgan fingerprint density at radius 2 is 1.95 bits per heavy atom. The van der Waals surface area contributed by atoms with Gasteiger partial charge in [0.25, 0.3) is 5.91 Å². The predicted octanol–water partition coefficient (Wildman–Crippen LogP) is 1.39. The average molecular weight is 332 g/mol. The van der Waals surface area contributed by atoms with Crippen molar-refractivity contribution in [3.05, 3.63) is 35.4 Å². The third-order valence-corrected chi connectivity index (χ3v) is 5.03. The maximum absolute atomic E-state index is 12.4. The van der Waals surface area contributed by atoms with Crippen molar-refractivity contribution in [1.82, 2.24) is 4.90 Å². The van der Waals surface area contributed by atoms with E-state index in [4.69, 9.17) is 5.73 Å². The highest BCUT2D eigenvalue weighted by molar-refractivity contribution is 7.90. The number of carbonyl (C=O) groups is 1. The normalized spacial score (nSPS) is 18.9. The van der Waals surface area contributed by atoms with Crippen LogP contribution in [-0.4, -0.2) is 44.1 Å². The molecule has 0 bridgehead atoms. The Labute approximate surface area is 128 Å². The van der Waals surface area contributed by atoms with Crippen LogP contribution < -0.4 is 5.73 Å². The summed E-state index contributed by atoms with van der Waals surface area (Å²) in [6.07, 6.45) is 1.77. The molecular formula is C14H18F2N2O3S. The number of alkyl halides is 2. The molecule has 1 aliphatic rings. The van der Waals surface area contributed by atoms with E-state index in [1.807, 2.05) is 0 Å². The standard InChI is InChI=1S/C14H18F2N2O3S/c15-14(16)22(20,21)9-10-3-5-11(6-4-10)13(19)18-7-1-2-12(18)8-17/h3-6,12,14H,1-2,7-9,17H2. The molecule has 5 nitrogen and oxygen atoms in total. The van der Waals surface area contributed by atoms with Crippen molar-refractivity contribution in [1.29, 1.82) is 0 Å². The zero-order chi connectivity index (χ0) is 16.3. The minimum Gasteiger partial charge on any atom is -0.334 e. The van der Waals surface area contributed by atoms with Gasteiger partial charge in [0.2, 0.25) is 9.84 Å². The van der Waals surface area contributed by atoms with Crippen LogP contribution in [0.5, 0.6) is 0 Å². The van der Waals surface area contributed by atoms with Gasteiger partial charge in [-0.1, -0.05) is 12.1 Å². The van der Waals surface area contributed by atoms with Crippen LogP contribution in [0.1, 0.15) is 28.8 Å². The molecule has 1 amide bonds. The lowest BCUT2D eigenvalue weighted by atomic mass is 10.1. The Bertz CT molecular complexity index is 632. The smallest absolute Gasteiger partial charge is 0.334 e. The molecular weight excluding hydrogens is 314 g/mol. The Morgan fingerprint density at radius 1 is 1.32 bits per heavy atom. The van der Waals surface area contributed by atoms with Gasteiger partial charge in [0.05, 0.1) is 5.75 Å². The van der Waals surface area contributed by atoms with E-state index in [1.54, 1.807) is 4.90 Å². The second-order valence-corrected chi connectivity index (χ2v) is 7.27. The lowest BCUT2D eigenvalue weighted by molar-refractivity contribution is 0.0741. The number of amides is 1. The molecule has 1 unspecified atom stereocenters. The van der Waals surface area contributed by atoms with Gasteiger partial charge in [0.15, 0.2) is 0 Å². The second-order valence-electron chi connectivity index (χ2n) is 5.30. The van der Waals surface area contributed by atoms with Crippen LogP contribution in [0.15, 0.2) is 24.3 Å². The summed E-state index contributed by atoms with van der Waals surface area (Å²) in [5.74, 6) is -4.31. The quantitative estimate of drug-likeness (QED) is 0.883. The third-order valence-electron chi connectivity index (χ3n) is 3.75. The topological polar surface area (TPSA) is 80.5 Å². The van der Waals surface area contributed by atoms with Crippen LogP contribution >= 0.6 is 0 Å². The van der Waals surface area contributed by atoms with E-state index in [0.29, 0.717) is 18.7 Å². The largest absolute Gasteiger partial charge is 0.337 e. The molecule has 0 aromatic heterocycles. The molecule has 2 rings (SSSR count). The van der Waals surface area contributed by atoms with Gasteiger partial charge in [-0.2, -0.15) is 8.78 Å². The molecule has 1 saturated heterocycles. The van der Waals surface area contributed by atoms with Gasteiger partial charge in [-0.05, 0) is 30.5 Å². The van der Waals surface area contributed by atoms with Crippen LogP contribution in [0.4, 0.5) is 8.78 Å². The van der Waals surface area contributed by atoms with Gasteiger partial charge < -0.3 is 10.6 Å². The molecule has 22 heavy (non-hydrogen) atoms. The summed E-state index contributed by atoms with van der Waals surface area (Å²) in [5, 5.41) is 0. The summed E-state index contributed by atoms with van der Waals surface area (Å²) >= 11 is 0. The number of carbonyl (C=O) groups excluding carboxylic acids is 1. The first-order chi connectivity index (χ1) is 10.3. The molecule has 1 fully saturated rings. The van der Waals surface area contributed by atoms with Crippen LogP contribution in [0.25, 0.3) is 0 Å². The number of halogens is 2. The fourth-order valence-corrected chi connectivity index (χ4v) is 3.34. The van der Waals surface area contributed by atoms with Gasteiger partial charge in [-0.25, -0.2) is 8.42 Å². The summed E-state index contributed by atoms with van der Waals surface area (Å²) in [5.41, 5.74) is 6.26. The van der Waals surface area contributed by atoms with E-state index in [1.165, 1.54) is 24.3 Å². The summed E-state index contributed by atoms with van der Waals surface area (Å²) in [6.45, 7) is 1.04. The molecule has 2 N–H and O–H groups in total. The molecule has 0 saturated carbocycles. The number of hydrogen-bond donors (Lipinski definition) is 1. The van der Waals surface area contributed by atoms with E-state index >= 15 is 0 Å². The van der Waals surface area contributed by atoms with Gasteiger partial charge in [-0.3, -0.25) is 4.79 Å². The number of benzene rings is 1. The molecule has 0 radical (unpaired) electrons. The van der Waals surface area contributed by atoms with Crippen molar-refractivity contribution in [3.8, 4) is 0 Å². The van der Waals surface area contributed by atoms with Crippen molar-refractivity contribution in [3.63, 3.8) is 0 Å². The molecule has 122 valence electrons. The maximum atomic E-state index is 12.4. The first kappa shape index (κ1) is 16.8. The number of rotatable bonds is 5. The summed E-state index contributed by atoms with van der Waals surface area (Å²) < 4.78 is 47.0. The number of hydrogen-bond acceptors (Lipinski definition) is 4. The van der Waals surface area contributed by atoms with Crippen molar-refractivity contribution < 1.29 is 22.0 Å². The maximum Gasteiger partial charge on any atom is 0.337 e. The fraction of sp³-hybridized carbons (Fsp3) is 0.500. The van der Waals surface area contributed by atoms with E-state index < -0.39 is 21.3 Å². The van der Waals surface area contributed by atoms with E-state index in [2.05, 4.69) is 0 Å². The molecule has 1 aromatic rings. The highest BCUT2D eigenvalue weighted by atomic mass is 32.2. The van der Waals surface area contributed by atoms with Crippen molar-refractivity contribution in [2.45, 2.75) is 30.4 Å². The monoisotopic (exact) mass is 332 g/mol. The van der Waals surface area contributed by atoms with Crippen LogP contribution in [0.3, 0.4) is 0 Å². The Balaban J connectivity index is 2.10. The second kappa shape index (κ2) is 6.70. The number of nitrogens with two attached hydrogens (primary N) is 1. The molecule has 1 atom stereocenters. The molecule has 1 aromatic carbocycles. The molecule has 1 aliphatic heterocycles. The molecule has 0 spiro atoms. The minimum absolute atomic E-state index is 0.0198. The van der Waals surface area contributed by atoms with Crippen molar-refractivity contribution in [2.24, 2.45) is 5.73 Å². The van der Waals surface area contributed by atoms with Gasteiger partial charge in [0, 0.05) is 24.7 Å². The van der Waals surface area contributed by atoms with Gasteiger partial charge in [-0.15, -0.1) is 0 Å². The molecule has 0 aliphatic carbocycles. The van der Waals surface area contributed by atoms with Gasteiger partial charge in [0.1, 0.15) is 0 Å². The molecule has 1 heterocycles. The van der Waals surface area contributed by atoms with Crippen molar-refractivity contribution in [2.75, 3.05) is 13.1 Å². The van der Waals surface area contributed by atoms with Crippen LogP contribution in [0.2, 0.25) is 0 Å². The molecule has 8 heteroatoms. The van der Waals surface area contributed by atoms with Crippen molar-refractivity contribution >= 4 is 15.7 Å². The summed E-state index contributed by atoms with van der Waals surface area (Å²) in [7, 11) is -4.46. The number of likely N-dealkylation sites (tertiary alicyclic amines) is 1. The highest BCUT2D eigenvalue weighted by Gasteiger charge is 2.28. The summed E-state index contributed by atoms with van der Waals surface area (Å²) in [4.78, 5) is 14.1. The highest BCUT2D eigenvalue weighted by Crippen LogP contribution is 2.20. The number of sulfone groups is 1. The fourth-order valence-electron chi connectivity index (χ4n) is 2.55. The van der Waals surface area contributed by atoms with Gasteiger partial charge >= 0.3 is 5.76 Å². The number of nitrogens with zero attached hydrogens (tertiary/aromatic N) is 1. The lowest BCUT2D eigenvalue weighted by Gasteiger charge is -2.23. The van der Waals surface area contributed by atoms with E-state index in [0.717, 1.165) is 12.8 Å². The average Bonchev–Trinajstić information content (AvgIpc) is 2.95. The predicted molar refractivity (Wildman–Crippen MR) is 78.2 cm³/mol. The lowest BCUT2D eigenvalue weighted by Crippen LogP contribution is -2.39. The minimum atomic E-state index is -4.46. The third kappa shape index (κ3) is 3.61. The SMILES string of the molecule is NCC1CCCN1C(=O)c1ccc(CS(=O)(=O)C(F)F)cc1. The van der Waals surface area contributed by atoms with Crippen LogP contribution in [0, 0.1) is 0 Å². The van der Waals surface area contributed by atoms with E-state index in [-0.39, 0.29) is 17.5 Å².